The molecule has 0 spiro atoms. The summed E-state index contributed by atoms with van der Waals surface area (Å²) in [6.45, 7) is 6.81. The standard InChI is InChI=1S/C20H27N7O2.HI/c1-21-20(22-12-19-24-23-18-3-2-6-27(18)19)26-9-7-25(8-10-26)13-15-4-5-16-17(11-15)29-14-28-16;/h4-5,11H,2-3,6-10,12-14H2,1H3,(H,21,22);1H. The SMILES string of the molecule is CN=C(NCc1nnc2n1CCC2)N1CCN(Cc2ccc3c(c2)OCO3)CC1.I. The number of hydrogen-bond acceptors (Lipinski definition) is 6. The predicted octanol–water partition coefficient (Wildman–Crippen LogP) is 1.46. The number of benzene rings is 1. The van der Waals surface area contributed by atoms with Crippen LogP contribution in [0.1, 0.15) is 23.6 Å². The molecule has 1 N–H and O–H groups in total. The zero-order chi connectivity index (χ0) is 19.6. The minimum atomic E-state index is 0. The van der Waals surface area contributed by atoms with E-state index in [1.807, 2.05) is 13.1 Å². The summed E-state index contributed by atoms with van der Waals surface area (Å²) in [5, 5.41) is 12.1. The first-order valence-electron chi connectivity index (χ1n) is 10.3. The molecule has 0 unspecified atom stereocenters. The highest BCUT2D eigenvalue weighted by Gasteiger charge is 2.22. The summed E-state index contributed by atoms with van der Waals surface area (Å²) in [5.74, 6) is 4.73. The van der Waals surface area contributed by atoms with Gasteiger partial charge in [-0.3, -0.25) is 9.89 Å². The lowest BCUT2D eigenvalue weighted by atomic mass is 10.1. The molecule has 0 amide bonds. The van der Waals surface area contributed by atoms with Crippen LogP contribution in [-0.2, 0) is 26.1 Å². The summed E-state index contributed by atoms with van der Waals surface area (Å²) in [5.41, 5.74) is 1.26. The van der Waals surface area contributed by atoms with E-state index in [0.29, 0.717) is 13.3 Å². The predicted molar refractivity (Wildman–Crippen MR) is 123 cm³/mol. The maximum absolute atomic E-state index is 5.49. The molecule has 2 aromatic rings. The van der Waals surface area contributed by atoms with Gasteiger partial charge >= 0.3 is 0 Å². The van der Waals surface area contributed by atoms with Gasteiger partial charge < -0.3 is 24.3 Å². The van der Waals surface area contributed by atoms with Gasteiger partial charge in [-0.15, -0.1) is 34.2 Å². The molecule has 0 bridgehead atoms. The summed E-state index contributed by atoms with van der Waals surface area (Å²) in [6.07, 6.45) is 2.20. The molecule has 162 valence electrons. The first-order chi connectivity index (χ1) is 14.3. The van der Waals surface area contributed by atoms with Gasteiger partial charge in [0.1, 0.15) is 5.82 Å². The lowest BCUT2D eigenvalue weighted by Crippen LogP contribution is -2.52. The van der Waals surface area contributed by atoms with Crippen molar-refractivity contribution in [1.29, 1.82) is 0 Å². The van der Waals surface area contributed by atoms with Crippen LogP contribution in [0.3, 0.4) is 0 Å². The van der Waals surface area contributed by atoms with Crippen LogP contribution in [0.5, 0.6) is 11.5 Å². The first kappa shape index (κ1) is 21.2. The maximum atomic E-state index is 5.49. The van der Waals surface area contributed by atoms with Gasteiger partial charge in [0.2, 0.25) is 6.79 Å². The highest BCUT2D eigenvalue weighted by atomic mass is 127. The largest absolute Gasteiger partial charge is 0.454 e. The molecule has 0 saturated carbocycles. The number of guanidine groups is 1. The molecule has 4 heterocycles. The average Bonchev–Trinajstić information content (AvgIpc) is 3.47. The molecule has 1 aromatic carbocycles. The number of aromatic nitrogens is 3. The van der Waals surface area contributed by atoms with E-state index in [0.717, 1.165) is 81.2 Å². The van der Waals surface area contributed by atoms with Crippen LogP contribution in [-0.4, -0.2) is 70.5 Å². The van der Waals surface area contributed by atoms with Crippen molar-refractivity contribution in [3.8, 4) is 11.5 Å². The Morgan fingerprint density at radius 1 is 1.10 bits per heavy atom. The second-order valence-corrected chi connectivity index (χ2v) is 7.64. The third-order valence-corrected chi connectivity index (χ3v) is 5.82. The number of nitrogens with one attached hydrogen (secondary N) is 1. The number of piperazine rings is 1. The van der Waals surface area contributed by atoms with Crippen molar-refractivity contribution >= 4 is 29.9 Å². The molecule has 5 rings (SSSR count). The monoisotopic (exact) mass is 525 g/mol. The Kier molecular flexibility index (Phi) is 6.61. The van der Waals surface area contributed by atoms with Crippen LogP contribution in [0.15, 0.2) is 23.2 Å². The Hall–Kier alpha value is -2.08. The second kappa shape index (κ2) is 9.38. The third kappa shape index (κ3) is 4.34. The number of halogens is 1. The normalized spacial score (nSPS) is 18.3. The van der Waals surface area contributed by atoms with Gasteiger partial charge in [0, 0.05) is 52.7 Å². The summed E-state index contributed by atoms with van der Waals surface area (Å²) in [4.78, 5) is 9.26. The third-order valence-electron chi connectivity index (χ3n) is 5.82. The Bertz CT molecular complexity index is 909. The molecule has 1 fully saturated rings. The Labute approximate surface area is 193 Å². The number of fused-ring (bicyclic) bond motifs is 2. The molecule has 0 aliphatic carbocycles. The van der Waals surface area contributed by atoms with E-state index in [1.165, 1.54) is 5.56 Å². The molecule has 1 aromatic heterocycles. The van der Waals surface area contributed by atoms with Crippen LogP contribution < -0.4 is 14.8 Å². The van der Waals surface area contributed by atoms with Crippen LogP contribution in [0.4, 0.5) is 0 Å². The molecule has 0 atom stereocenters. The quantitative estimate of drug-likeness (QED) is 0.368. The molecule has 3 aliphatic heterocycles. The zero-order valence-electron chi connectivity index (χ0n) is 17.2. The summed E-state index contributed by atoms with van der Waals surface area (Å²) in [6, 6.07) is 6.21. The van der Waals surface area contributed by atoms with Crippen molar-refractivity contribution in [3.63, 3.8) is 0 Å². The molecule has 3 aliphatic rings. The number of hydrogen-bond donors (Lipinski definition) is 1. The van der Waals surface area contributed by atoms with Crippen LogP contribution in [0.2, 0.25) is 0 Å². The van der Waals surface area contributed by atoms with Gasteiger partial charge in [0.25, 0.3) is 0 Å². The van der Waals surface area contributed by atoms with E-state index >= 15 is 0 Å². The fraction of sp³-hybridized carbons (Fsp3) is 0.550. The minimum Gasteiger partial charge on any atom is -0.454 e. The van der Waals surface area contributed by atoms with Crippen molar-refractivity contribution in [2.75, 3.05) is 40.0 Å². The van der Waals surface area contributed by atoms with Crippen molar-refractivity contribution in [2.45, 2.75) is 32.5 Å². The van der Waals surface area contributed by atoms with Crippen molar-refractivity contribution in [3.05, 3.63) is 35.4 Å². The van der Waals surface area contributed by atoms with Gasteiger partial charge in [0.15, 0.2) is 23.3 Å². The van der Waals surface area contributed by atoms with Gasteiger partial charge in [-0.25, -0.2) is 0 Å². The van der Waals surface area contributed by atoms with E-state index < -0.39 is 0 Å². The van der Waals surface area contributed by atoms with Gasteiger partial charge in [-0.2, -0.15) is 0 Å². The minimum absolute atomic E-state index is 0. The number of rotatable bonds is 4. The molecular formula is C20H28IN7O2. The van der Waals surface area contributed by atoms with Crippen molar-refractivity contribution in [2.24, 2.45) is 4.99 Å². The van der Waals surface area contributed by atoms with E-state index in [2.05, 4.69) is 47.0 Å². The highest BCUT2D eigenvalue weighted by molar-refractivity contribution is 14.0. The Balaban J connectivity index is 0.00000218. The molecule has 0 radical (unpaired) electrons. The fourth-order valence-electron chi connectivity index (χ4n) is 4.25. The lowest BCUT2D eigenvalue weighted by molar-refractivity contribution is 0.171. The van der Waals surface area contributed by atoms with Gasteiger partial charge in [-0.1, -0.05) is 6.07 Å². The summed E-state index contributed by atoms with van der Waals surface area (Å²) < 4.78 is 13.1. The molecule has 30 heavy (non-hydrogen) atoms. The first-order valence-corrected chi connectivity index (χ1v) is 10.3. The molecule has 10 heteroatoms. The van der Waals surface area contributed by atoms with Crippen LogP contribution in [0.25, 0.3) is 0 Å². The molecule has 9 nitrogen and oxygen atoms in total. The Morgan fingerprint density at radius 3 is 2.77 bits per heavy atom. The van der Waals surface area contributed by atoms with Gasteiger partial charge in [-0.05, 0) is 24.1 Å². The average molecular weight is 525 g/mol. The smallest absolute Gasteiger partial charge is 0.231 e. The van der Waals surface area contributed by atoms with E-state index in [-0.39, 0.29) is 24.0 Å². The maximum Gasteiger partial charge on any atom is 0.231 e. The lowest BCUT2D eigenvalue weighted by Gasteiger charge is -2.36. The summed E-state index contributed by atoms with van der Waals surface area (Å²) >= 11 is 0. The number of ether oxygens (including phenoxy) is 2. The van der Waals surface area contributed by atoms with Crippen molar-refractivity contribution in [1.82, 2.24) is 29.9 Å². The van der Waals surface area contributed by atoms with Crippen LogP contribution in [0, 0.1) is 0 Å². The van der Waals surface area contributed by atoms with E-state index in [1.54, 1.807) is 0 Å². The number of aliphatic imine (C=N–C) groups is 1. The second-order valence-electron chi connectivity index (χ2n) is 7.64. The highest BCUT2D eigenvalue weighted by Crippen LogP contribution is 2.32. The Morgan fingerprint density at radius 2 is 1.93 bits per heavy atom. The molecular weight excluding hydrogens is 497 g/mol. The van der Waals surface area contributed by atoms with Crippen LogP contribution >= 0.6 is 24.0 Å². The number of nitrogens with zero attached hydrogens (tertiary/aromatic N) is 6. The van der Waals surface area contributed by atoms with E-state index in [9.17, 15) is 0 Å². The van der Waals surface area contributed by atoms with Gasteiger partial charge in [0.05, 0.1) is 6.54 Å². The topological polar surface area (TPSA) is 80.0 Å². The fourth-order valence-corrected chi connectivity index (χ4v) is 4.25. The van der Waals surface area contributed by atoms with E-state index in [4.69, 9.17) is 9.47 Å². The van der Waals surface area contributed by atoms with Crippen molar-refractivity contribution < 1.29 is 9.47 Å². The molecule has 1 saturated heterocycles. The number of aryl methyl sites for hydroxylation is 1. The zero-order valence-corrected chi connectivity index (χ0v) is 19.5. The summed E-state index contributed by atoms with van der Waals surface area (Å²) in [7, 11) is 1.84.